The molecule has 0 fully saturated rings. The zero-order valence-electron chi connectivity index (χ0n) is 13.1. The van der Waals surface area contributed by atoms with Gasteiger partial charge in [0.1, 0.15) is 5.03 Å². The number of benzene rings is 1. The number of carboxylic acid groups (broad SMARTS) is 1. The average Bonchev–Trinajstić information content (AvgIpc) is 2.55. The summed E-state index contributed by atoms with van der Waals surface area (Å²) < 4.78 is 37.7. The lowest BCUT2D eigenvalue weighted by atomic mass is 10.1. The van der Waals surface area contributed by atoms with Crippen molar-refractivity contribution in [3.8, 4) is 0 Å². The van der Waals surface area contributed by atoms with E-state index >= 15 is 0 Å². The van der Waals surface area contributed by atoms with Crippen LogP contribution in [0.1, 0.15) is 18.1 Å². The van der Waals surface area contributed by atoms with E-state index in [9.17, 15) is 28.1 Å². The number of rotatable bonds is 5. The van der Waals surface area contributed by atoms with Gasteiger partial charge in [-0.25, -0.2) is 9.78 Å². The quantitative estimate of drug-likeness (QED) is 0.458. The Kier molecular flexibility index (Phi) is 5.66. The Labute approximate surface area is 149 Å². The molecule has 0 saturated heterocycles. The molecule has 0 spiro atoms. The normalized spacial score (nSPS) is 12.1. The van der Waals surface area contributed by atoms with E-state index in [0.29, 0.717) is 11.1 Å². The first-order valence-corrected chi connectivity index (χ1v) is 7.80. The summed E-state index contributed by atoms with van der Waals surface area (Å²) in [5.74, 6) is -1.19. The molecule has 0 aliphatic heterocycles. The maximum atomic E-state index is 12.6. The Hall–Kier alpha value is -2.88. The van der Waals surface area contributed by atoms with Gasteiger partial charge in [-0.15, -0.1) is 0 Å². The van der Waals surface area contributed by atoms with Gasteiger partial charge in [0.25, 0.3) is 5.69 Å². The molecule has 0 bridgehead atoms. The summed E-state index contributed by atoms with van der Waals surface area (Å²) in [6.07, 6.45) is -2.57. The van der Waals surface area contributed by atoms with Crippen molar-refractivity contribution in [2.24, 2.45) is 0 Å². The van der Waals surface area contributed by atoms with Crippen LogP contribution in [0.15, 0.2) is 52.0 Å². The predicted octanol–water partition coefficient (Wildman–Crippen LogP) is 4.65. The number of pyridine rings is 1. The monoisotopic (exact) mass is 384 g/mol. The number of hydrogen-bond donors (Lipinski definition) is 1. The van der Waals surface area contributed by atoms with Crippen LogP contribution in [-0.4, -0.2) is 21.0 Å². The van der Waals surface area contributed by atoms with Gasteiger partial charge in [-0.05, 0) is 36.8 Å². The minimum Gasteiger partial charge on any atom is -0.478 e. The molecule has 0 amide bonds. The van der Waals surface area contributed by atoms with Crippen molar-refractivity contribution in [2.75, 3.05) is 0 Å². The summed E-state index contributed by atoms with van der Waals surface area (Å²) in [4.78, 5) is 25.4. The molecule has 136 valence electrons. The Morgan fingerprint density at radius 2 is 2.00 bits per heavy atom. The fraction of sp³-hybridized carbons (Fsp3) is 0.125. The van der Waals surface area contributed by atoms with Crippen molar-refractivity contribution in [3.63, 3.8) is 0 Å². The highest BCUT2D eigenvalue weighted by atomic mass is 32.2. The molecule has 1 N–H and O–H groups in total. The number of hydrogen-bond acceptors (Lipinski definition) is 5. The summed E-state index contributed by atoms with van der Waals surface area (Å²) in [5, 5.41) is 20.1. The SMILES string of the molecule is C/C(=C\c1cc([N+](=O)[O-])ccc1Sc1ccc(C(F)(F)F)cn1)C(=O)O. The third-order valence-electron chi connectivity index (χ3n) is 3.19. The standard InChI is InChI=1S/C16H11F3N2O4S/c1-9(15(22)23)6-10-7-12(21(24)25)3-4-13(10)26-14-5-2-11(8-20-14)16(17,18)19/h2-8H,1H3,(H,22,23)/b9-6+. The third-order valence-corrected chi connectivity index (χ3v) is 4.23. The molecule has 0 radical (unpaired) electrons. The highest BCUT2D eigenvalue weighted by molar-refractivity contribution is 7.99. The molecule has 26 heavy (non-hydrogen) atoms. The van der Waals surface area contributed by atoms with Gasteiger partial charge < -0.3 is 5.11 Å². The minimum absolute atomic E-state index is 0.0484. The van der Waals surface area contributed by atoms with Crippen LogP contribution in [0.2, 0.25) is 0 Å². The van der Waals surface area contributed by atoms with Crippen molar-refractivity contribution in [3.05, 3.63) is 63.3 Å². The first-order chi connectivity index (χ1) is 12.1. The molecule has 0 atom stereocenters. The Balaban J connectivity index is 2.40. The second kappa shape index (κ2) is 7.56. The van der Waals surface area contributed by atoms with Crippen LogP contribution in [0.4, 0.5) is 18.9 Å². The largest absolute Gasteiger partial charge is 0.478 e. The summed E-state index contributed by atoms with van der Waals surface area (Å²) in [5.41, 5.74) is -0.926. The van der Waals surface area contributed by atoms with Gasteiger partial charge in [0.2, 0.25) is 0 Å². The molecule has 0 aliphatic carbocycles. The van der Waals surface area contributed by atoms with E-state index in [1.165, 1.54) is 37.3 Å². The average molecular weight is 384 g/mol. The molecule has 0 aliphatic rings. The Morgan fingerprint density at radius 1 is 1.31 bits per heavy atom. The van der Waals surface area contributed by atoms with Crippen LogP contribution in [0.25, 0.3) is 6.08 Å². The molecule has 0 unspecified atom stereocenters. The topological polar surface area (TPSA) is 93.3 Å². The van der Waals surface area contributed by atoms with Gasteiger partial charge in [-0.2, -0.15) is 13.2 Å². The molecule has 0 saturated carbocycles. The summed E-state index contributed by atoms with van der Waals surface area (Å²) in [6, 6.07) is 5.85. The number of nitro benzene ring substituents is 1. The van der Waals surface area contributed by atoms with Crippen LogP contribution in [-0.2, 0) is 11.0 Å². The summed E-state index contributed by atoms with van der Waals surface area (Å²) in [7, 11) is 0. The Morgan fingerprint density at radius 3 is 2.50 bits per heavy atom. The smallest absolute Gasteiger partial charge is 0.417 e. The number of alkyl halides is 3. The molecule has 2 aromatic rings. The minimum atomic E-state index is -4.50. The van der Waals surface area contributed by atoms with Gasteiger partial charge in [0.05, 0.1) is 10.5 Å². The van der Waals surface area contributed by atoms with Crippen LogP contribution < -0.4 is 0 Å². The lowest BCUT2D eigenvalue weighted by Crippen LogP contribution is -2.05. The number of carbonyl (C=O) groups is 1. The van der Waals surface area contributed by atoms with Crippen molar-refractivity contribution >= 4 is 29.5 Å². The molecular formula is C16H11F3N2O4S. The van der Waals surface area contributed by atoms with Crippen molar-refractivity contribution in [1.29, 1.82) is 0 Å². The van der Waals surface area contributed by atoms with Crippen molar-refractivity contribution < 1.29 is 28.0 Å². The number of halogens is 3. The fourth-order valence-corrected chi connectivity index (χ4v) is 2.71. The van der Waals surface area contributed by atoms with Gasteiger partial charge in [0.15, 0.2) is 0 Å². The fourth-order valence-electron chi connectivity index (χ4n) is 1.87. The molecule has 1 aromatic heterocycles. The van der Waals surface area contributed by atoms with E-state index in [1.807, 2.05) is 0 Å². The van der Waals surface area contributed by atoms with Gasteiger partial charge in [-0.3, -0.25) is 10.1 Å². The molecular weight excluding hydrogens is 373 g/mol. The number of aromatic nitrogens is 1. The van der Waals surface area contributed by atoms with Crippen LogP contribution in [0.5, 0.6) is 0 Å². The second-order valence-electron chi connectivity index (χ2n) is 5.10. The Bertz CT molecular complexity index is 880. The molecule has 1 heterocycles. The van der Waals surface area contributed by atoms with E-state index in [0.717, 1.165) is 17.8 Å². The highest BCUT2D eigenvalue weighted by Crippen LogP contribution is 2.34. The molecule has 10 heteroatoms. The van der Waals surface area contributed by atoms with E-state index < -0.39 is 22.6 Å². The van der Waals surface area contributed by atoms with Crippen molar-refractivity contribution in [2.45, 2.75) is 23.0 Å². The summed E-state index contributed by atoms with van der Waals surface area (Å²) >= 11 is 0.969. The van der Waals surface area contributed by atoms with Gasteiger partial charge in [-0.1, -0.05) is 11.8 Å². The van der Waals surface area contributed by atoms with Gasteiger partial charge >= 0.3 is 12.1 Å². The lowest BCUT2D eigenvalue weighted by molar-refractivity contribution is -0.384. The van der Waals surface area contributed by atoms with E-state index in [4.69, 9.17) is 5.11 Å². The second-order valence-corrected chi connectivity index (χ2v) is 6.16. The maximum absolute atomic E-state index is 12.6. The zero-order chi connectivity index (χ0) is 19.5. The third kappa shape index (κ3) is 4.82. The van der Waals surface area contributed by atoms with E-state index in [2.05, 4.69) is 4.98 Å². The van der Waals surface area contributed by atoms with Crippen molar-refractivity contribution in [1.82, 2.24) is 4.98 Å². The number of carboxylic acids is 1. The van der Waals surface area contributed by atoms with Crippen LogP contribution in [0, 0.1) is 10.1 Å². The summed E-state index contributed by atoms with van der Waals surface area (Å²) in [6.45, 7) is 1.33. The number of non-ortho nitro benzene ring substituents is 1. The highest BCUT2D eigenvalue weighted by Gasteiger charge is 2.30. The van der Waals surface area contributed by atoms with Gasteiger partial charge in [0, 0.05) is 28.8 Å². The van der Waals surface area contributed by atoms with Crippen LogP contribution in [0.3, 0.4) is 0 Å². The first kappa shape index (κ1) is 19.4. The number of nitrogens with zero attached hydrogens (tertiary/aromatic N) is 2. The van der Waals surface area contributed by atoms with E-state index in [1.54, 1.807) is 0 Å². The lowest BCUT2D eigenvalue weighted by Gasteiger charge is -2.08. The molecule has 2 rings (SSSR count). The van der Waals surface area contributed by atoms with Crippen LogP contribution >= 0.6 is 11.8 Å². The first-order valence-electron chi connectivity index (χ1n) is 6.99. The zero-order valence-corrected chi connectivity index (χ0v) is 14.0. The predicted molar refractivity (Wildman–Crippen MR) is 87.7 cm³/mol. The number of aliphatic carboxylic acids is 1. The molecule has 1 aromatic carbocycles. The number of nitro groups is 1. The van der Waals surface area contributed by atoms with E-state index in [-0.39, 0.29) is 21.8 Å². The maximum Gasteiger partial charge on any atom is 0.417 e. The molecule has 6 nitrogen and oxygen atoms in total.